The first-order valence-electron chi connectivity index (χ1n) is 11.4. The van der Waals surface area contributed by atoms with E-state index in [0.717, 1.165) is 17.7 Å². The first kappa shape index (κ1) is 24.4. The molecule has 34 heavy (non-hydrogen) atoms. The standard InChI is InChI=1S/C26H28ClN3O3S/c1-3-20-11-13-22(14-12-20)34(32,33)29-17-15-21(16-18-29)30(25-10-6-7-19(2)28-25)26(31)23-8-4-5-9-24(23)27/h4-14,21H,3,15-18H2,1-2H3. The van der Waals surface area contributed by atoms with Crippen LogP contribution in [0.15, 0.2) is 71.6 Å². The largest absolute Gasteiger partial charge is 0.289 e. The average Bonchev–Trinajstić information content (AvgIpc) is 2.85. The van der Waals surface area contributed by atoms with Crippen molar-refractivity contribution in [2.45, 2.75) is 44.0 Å². The van der Waals surface area contributed by atoms with Crippen molar-refractivity contribution < 1.29 is 13.2 Å². The monoisotopic (exact) mass is 497 g/mol. The van der Waals surface area contributed by atoms with Gasteiger partial charge in [0.25, 0.3) is 5.91 Å². The van der Waals surface area contributed by atoms with E-state index < -0.39 is 10.0 Å². The van der Waals surface area contributed by atoms with E-state index in [1.807, 2.05) is 38.1 Å². The smallest absolute Gasteiger partial charge is 0.261 e. The summed E-state index contributed by atoms with van der Waals surface area (Å²) in [6.45, 7) is 4.55. The van der Waals surface area contributed by atoms with Crippen LogP contribution in [0.3, 0.4) is 0 Å². The number of pyridine rings is 1. The molecule has 0 aliphatic carbocycles. The lowest BCUT2D eigenvalue weighted by atomic mass is 10.0. The number of rotatable bonds is 6. The number of halogens is 1. The van der Waals surface area contributed by atoms with Crippen LogP contribution in [0.2, 0.25) is 5.02 Å². The predicted molar refractivity (Wildman–Crippen MR) is 135 cm³/mol. The Bertz CT molecular complexity index is 1270. The summed E-state index contributed by atoms with van der Waals surface area (Å²) < 4.78 is 27.9. The van der Waals surface area contributed by atoms with E-state index in [0.29, 0.717) is 47.2 Å². The molecule has 1 amide bonds. The average molecular weight is 498 g/mol. The van der Waals surface area contributed by atoms with Gasteiger partial charge in [0.1, 0.15) is 5.82 Å². The summed E-state index contributed by atoms with van der Waals surface area (Å²) in [5.74, 6) is 0.307. The maximum atomic E-state index is 13.6. The van der Waals surface area contributed by atoms with E-state index in [1.165, 1.54) is 4.31 Å². The number of aromatic nitrogens is 1. The molecule has 0 radical (unpaired) electrons. The van der Waals surface area contributed by atoms with Crippen LogP contribution >= 0.6 is 11.6 Å². The lowest BCUT2D eigenvalue weighted by Gasteiger charge is -2.37. The summed E-state index contributed by atoms with van der Waals surface area (Å²) in [5.41, 5.74) is 2.29. The van der Waals surface area contributed by atoms with Crippen molar-refractivity contribution in [2.75, 3.05) is 18.0 Å². The molecule has 1 fully saturated rings. The molecule has 6 nitrogen and oxygen atoms in total. The Morgan fingerprint density at radius 2 is 1.71 bits per heavy atom. The molecule has 0 N–H and O–H groups in total. The number of hydrogen-bond acceptors (Lipinski definition) is 4. The third-order valence-electron chi connectivity index (χ3n) is 6.20. The molecule has 1 aliphatic rings. The Balaban J connectivity index is 1.58. The van der Waals surface area contributed by atoms with Gasteiger partial charge >= 0.3 is 0 Å². The van der Waals surface area contributed by atoms with Crippen LogP contribution in [0.1, 0.15) is 41.4 Å². The molecule has 2 heterocycles. The Hall–Kier alpha value is -2.74. The second kappa shape index (κ2) is 10.3. The van der Waals surface area contributed by atoms with Gasteiger partial charge in [-0.25, -0.2) is 13.4 Å². The molecule has 0 atom stereocenters. The van der Waals surface area contributed by atoms with Crippen molar-refractivity contribution in [1.29, 1.82) is 0 Å². The third kappa shape index (κ3) is 5.02. The lowest BCUT2D eigenvalue weighted by Crippen LogP contribution is -2.49. The van der Waals surface area contributed by atoms with Gasteiger partial charge in [-0.2, -0.15) is 4.31 Å². The van der Waals surface area contributed by atoms with Crippen molar-refractivity contribution >= 4 is 33.3 Å². The second-order valence-electron chi connectivity index (χ2n) is 8.42. The van der Waals surface area contributed by atoms with Gasteiger partial charge in [0, 0.05) is 24.8 Å². The molecule has 2 aromatic carbocycles. The molecule has 1 aromatic heterocycles. The highest BCUT2D eigenvalue weighted by atomic mass is 35.5. The van der Waals surface area contributed by atoms with Gasteiger partial charge in [0.05, 0.1) is 15.5 Å². The van der Waals surface area contributed by atoms with Crippen LogP contribution in [0.25, 0.3) is 0 Å². The summed E-state index contributed by atoms with van der Waals surface area (Å²) in [6.07, 6.45) is 1.85. The number of aryl methyl sites for hydroxylation is 2. The molecule has 3 aromatic rings. The van der Waals surface area contributed by atoms with E-state index in [2.05, 4.69) is 4.98 Å². The summed E-state index contributed by atoms with van der Waals surface area (Å²) in [5, 5.41) is 0.376. The van der Waals surface area contributed by atoms with E-state index in [9.17, 15) is 13.2 Å². The minimum absolute atomic E-state index is 0.202. The molecule has 1 aliphatic heterocycles. The molecular formula is C26H28ClN3O3S. The van der Waals surface area contributed by atoms with Crippen LogP contribution < -0.4 is 4.90 Å². The fourth-order valence-electron chi connectivity index (χ4n) is 4.27. The van der Waals surface area contributed by atoms with E-state index >= 15 is 0 Å². The number of anilines is 1. The Morgan fingerprint density at radius 3 is 2.32 bits per heavy atom. The summed E-state index contributed by atoms with van der Waals surface area (Å²) in [6, 6.07) is 19.3. The number of carbonyl (C=O) groups is 1. The highest BCUT2D eigenvalue weighted by Crippen LogP contribution is 2.29. The summed E-state index contributed by atoms with van der Waals surface area (Å²) in [4.78, 5) is 20.2. The van der Waals surface area contributed by atoms with Crippen molar-refractivity contribution in [3.05, 3.63) is 88.6 Å². The molecule has 0 bridgehead atoms. The highest BCUT2D eigenvalue weighted by molar-refractivity contribution is 7.89. The number of hydrogen-bond donors (Lipinski definition) is 0. The minimum atomic E-state index is -3.59. The molecule has 0 saturated carbocycles. The van der Waals surface area contributed by atoms with Gasteiger partial charge < -0.3 is 0 Å². The number of nitrogens with zero attached hydrogens (tertiary/aromatic N) is 3. The van der Waals surface area contributed by atoms with Crippen molar-refractivity contribution in [2.24, 2.45) is 0 Å². The Labute approximate surface area is 206 Å². The quantitative estimate of drug-likeness (QED) is 0.474. The van der Waals surface area contributed by atoms with Gasteiger partial charge in [-0.15, -0.1) is 0 Å². The van der Waals surface area contributed by atoms with E-state index in [4.69, 9.17) is 11.6 Å². The summed E-state index contributed by atoms with van der Waals surface area (Å²) >= 11 is 6.34. The maximum Gasteiger partial charge on any atom is 0.261 e. The van der Waals surface area contributed by atoms with Gasteiger partial charge in [-0.3, -0.25) is 9.69 Å². The lowest BCUT2D eigenvalue weighted by molar-refractivity contribution is 0.0967. The normalized spacial score (nSPS) is 15.3. The van der Waals surface area contributed by atoms with Crippen LogP contribution in [0.5, 0.6) is 0 Å². The van der Waals surface area contributed by atoms with Gasteiger partial charge in [-0.1, -0.05) is 48.9 Å². The number of amides is 1. The van der Waals surface area contributed by atoms with E-state index in [-0.39, 0.29) is 11.9 Å². The first-order valence-corrected chi connectivity index (χ1v) is 13.2. The molecule has 8 heteroatoms. The van der Waals surface area contributed by atoms with Crippen LogP contribution in [0.4, 0.5) is 5.82 Å². The third-order valence-corrected chi connectivity index (χ3v) is 8.44. The zero-order chi connectivity index (χ0) is 24.3. The van der Waals surface area contributed by atoms with Gasteiger partial charge in [-0.05, 0) is 68.1 Å². The number of piperidine rings is 1. The van der Waals surface area contributed by atoms with Crippen LogP contribution in [0, 0.1) is 6.92 Å². The van der Waals surface area contributed by atoms with Crippen molar-refractivity contribution in [3.8, 4) is 0 Å². The van der Waals surface area contributed by atoms with Crippen molar-refractivity contribution in [1.82, 2.24) is 9.29 Å². The topological polar surface area (TPSA) is 70.6 Å². The van der Waals surface area contributed by atoms with Crippen LogP contribution in [-0.4, -0.2) is 42.7 Å². The fraction of sp³-hybridized carbons (Fsp3) is 0.308. The molecular weight excluding hydrogens is 470 g/mol. The molecule has 178 valence electrons. The SMILES string of the molecule is CCc1ccc(S(=O)(=O)N2CCC(N(C(=O)c3ccccc3Cl)c3cccc(C)n3)CC2)cc1. The molecule has 4 rings (SSSR count). The molecule has 0 unspecified atom stereocenters. The number of benzene rings is 2. The first-order chi connectivity index (χ1) is 16.3. The van der Waals surface area contributed by atoms with Crippen LogP contribution in [-0.2, 0) is 16.4 Å². The maximum absolute atomic E-state index is 13.6. The fourth-order valence-corrected chi connectivity index (χ4v) is 5.96. The minimum Gasteiger partial charge on any atom is -0.289 e. The van der Waals surface area contributed by atoms with Gasteiger partial charge in [0.2, 0.25) is 10.0 Å². The Morgan fingerprint density at radius 1 is 1.03 bits per heavy atom. The zero-order valence-corrected chi connectivity index (χ0v) is 20.9. The second-order valence-corrected chi connectivity index (χ2v) is 10.8. The summed E-state index contributed by atoms with van der Waals surface area (Å²) in [7, 11) is -3.59. The zero-order valence-electron chi connectivity index (χ0n) is 19.3. The predicted octanol–water partition coefficient (Wildman–Crippen LogP) is 5.11. The molecule has 0 spiro atoms. The van der Waals surface area contributed by atoms with Crippen molar-refractivity contribution in [3.63, 3.8) is 0 Å². The Kier molecular flexibility index (Phi) is 7.36. The number of sulfonamides is 1. The highest BCUT2D eigenvalue weighted by Gasteiger charge is 2.35. The number of carbonyl (C=O) groups excluding carboxylic acids is 1. The van der Waals surface area contributed by atoms with Gasteiger partial charge in [0.15, 0.2) is 0 Å². The molecule has 1 saturated heterocycles. The van der Waals surface area contributed by atoms with E-state index in [1.54, 1.807) is 47.4 Å².